The average Bonchev–Trinajstić information content (AvgIpc) is 2.73. The van der Waals surface area contributed by atoms with Crippen molar-refractivity contribution in [1.82, 2.24) is 15.5 Å². The molecule has 0 aromatic carbocycles. The number of carbonyl (C=O) groups is 1. The third kappa shape index (κ3) is 3.24. The maximum atomic E-state index is 11.6. The molecule has 5 nitrogen and oxygen atoms in total. The Balaban J connectivity index is 1.98. The fraction of sp³-hybridized carbons (Fsp3) is 0.100. The number of hydrogen-bond acceptors (Lipinski definition) is 4. The lowest BCUT2D eigenvalue weighted by Crippen LogP contribution is -2.24. The lowest BCUT2D eigenvalue weighted by molar-refractivity contribution is 0.0945. The number of carbonyl (C=O) groups excluding carboxylic acids is 1. The number of nitrogens with one attached hydrogen (secondary N) is 2. The molecule has 0 aliphatic rings. The summed E-state index contributed by atoms with van der Waals surface area (Å²) < 4.78 is 1.02. The number of hydrogen-bond donors (Lipinski definition) is 2. The number of halogens is 1. The van der Waals surface area contributed by atoms with Crippen molar-refractivity contribution < 1.29 is 4.79 Å². The third-order valence-corrected chi connectivity index (χ3v) is 3.59. The monoisotopic (exact) mass is 313 g/mol. The van der Waals surface area contributed by atoms with Gasteiger partial charge in [-0.05, 0) is 34.1 Å². The van der Waals surface area contributed by atoms with Crippen molar-refractivity contribution in [3.8, 4) is 0 Å². The van der Waals surface area contributed by atoms with E-state index in [0.29, 0.717) is 6.54 Å². The molecule has 0 unspecified atom stereocenters. The summed E-state index contributed by atoms with van der Waals surface area (Å²) >= 11 is 4.90. The molecular weight excluding hydrogens is 306 g/mol. The molecule has 2 N–H and O–H groups in total. The van der Waals surface area contributed by atoms with Crippen molar-refractivity contribution >= 4 is 33.2 Å². The maximum Gasteiger partial charge on any atom is 0.272 e. The maximum absolute atomic E-state index is 11.6. The summed E-state index contributed by atoms with van der Waals surface area (Å²) in [7, 11) is 0. The average molecular weight is 314 g/mol. The van der Waals surface area contributed by atoms with Crippen molar-refractivity contribution in [1.29, 1.82) is 0 Å². The molecule has 7 heteroatoms. The number of aromatic amines is 1. The van der Waals surface area contributed by atoms with E-state index in [-0.39, 0.29) is 17.2 Å². The highest BCUT2D eigenvalue weighted by molar-refractivity contribution is 9.11. The Hall–Kier alpha value is -1.47. The second-order valence-corrected chi connectivity index (χ2v) is 5.74. The van der Waals surface area contributed by atoms with Gasteiger partial charge in [-0.3, -0.25) is 9.59 Å². The Morgan fingerprint density at radius 3 is 2.82 bits per heavy atom. The molecule has 2 heterocycles. The number of amides is 1. The second-order valence-electron chi connectivity index (χ2n) is 3.19. The number of rotatable bonds is 3. The first-order valence-corrected chi connectivity index (χ1v) is 6.34. The van der Waals surface area contributed by atoms with E-state index in [4.69, 9.17) is 0 Å². The first-order valence-electron chi connectivity index (χ1n) is 4.73. The van der Waals surface area contributed by atoms with Gasteiger partial charge in [0.1, 0.15) is 5.69 Å². The Labute approximate surface area is 109 Å². The van der Waals surface area contributed by atoms with Gasteiger partial charge in [-0.25, -0.2) is 5.10 Å². The fourth-order valence-corrected chi connectivity index (χ4v) is 2.60. The predicted molar refractivity (Wildman–Crippen MR) is 68.0 cm³/mol. The van der Waals surface area contributed by atoms with Gasteiger partial charge in [0.05, 0.1) is 10.3 Å². The fourth-order valence-electron chi connectivity index (χ4n) is 1.18. The van der Waals surface area contributed by atoms with Crippen LogP contribution in [0.1, 0.15) is 15.4 Å². The van der Waals surface area contributed by atoms with Crippen molar-refractivity contribution in [3.05, 3.63) is 49.0 Å². The van der Waals surface area contributed by atoms with E-state index in [9.17, 15) is 9.59 Å². The van der Waals surface area contributed by atoms with Gasteiger partial charge >= 0.3 is 0 Å². The van der Waals surface area contributed by atoms with Gasteiger partial charge in [0.2, 0.25) is 0 Å². The highest BCUT2D eigenvalue weighted by atomic mass is 79.9. The molecule has 0 bridgehead atoms. The third-order valence-electron chi connectivity index (χ3n) is 1.96. The molecule has 0 spiro atoms. The summed E-state index contributed by atoms with van der Waals surface area (Å²) in [5.74, 6) is -0.314. The van der Waals surface area contributed by atoms with E-state index in [0.717, 1.165) is 8.66 Å². The minimum atomic E-state index is -0.330. The molecule has 88 valence electrons. The molecule has 1 amide bonds. The molecule has 0 radical (unpaired) electrons. The van der Waals surface area contributed by atoms with Gasteiger partial charge in [0, 0.05) is 10.9 Å². The quantitative estimate of drug-likeness (QED) is 0.902. The summed E-state index contributed by atoms with van der Waals surface area (Å²) in [6.45, 7) is 0.440. The molecule has 0 atom stereocenters. The Kier molecular flexibility index (Phi) is 3.70. The van der Waals surface area contributed by atoms with Crippen molar-refractivity contribution in [2.45, 2.75) is 6.54 Å². The minimum absolute atomic E-state index is 0.195. The summed E-state index contributed by atoms with van der Waals surface area (Å²) in [4.78, 5) is 23.4. The van der Waals surface area contributed by atoms with Gasteiger partial charge in [-0.1, -0.05) is 0 Å². The van der Waals surface area contributed by atoms with E-state index >= 15 is 0 Å². The first kappa shape index (κ1) is 12.0. The highest BCUT2D eigenvalue weighted by Crippen LogP contribution is 2.21. The van der Waals surface area contributed by atoms with Crippen LogP contribution in [0.4, 0.5) is 0 Å². The van der Waals surface area contributed by atoms with Crippen LogP contribution in [-0.4, -0.2) is 16.1 Å². The smallest absolute Gasteiger partial charge is 0.272 e. The summed E-state index contributed by atoms with van der Waals surface area (Å²) in [6.07, 6.45) is 0. The van der Waals surface area contributed by atoms with Crippen LogP contribution >= 0.6 is 27.3 Å². The largest absolute Gasteiger partial charge is 0.346 e. The van der Waals surface area contributed by atoms with Crippen LogP contribution in [0.25, 0.3) is 0 Å². The van der Waals surface area contributed by atoms with Crippen molar-refractivity contribution in [2.75, 3.05) is 0 Å². The van der Waals surface area contributed by atoms with E-state index in [2.05, 4.69) is 31.4 Å². The zero-order valence-corrected chi connectivity index (χ0v) is 11.0. The lowest BCUT2D eigenvalue weighted by atomic mass is 10.3. The molecular formula is C10H8BrN3O2S. The lowest BCUT2D eigenvalue weighted by Gasteiger charge is -2.01. The zero-order chi connectivity index (χ0) is 12.3. The van der Waals surface area contributed by atoms with E-state index < -0.39 is 0 Å². The van der Waals surface area contributed by atoms with Crippen LogP contribution in [-0.2, 0) is 6.54 Å². The molecule has 17 heavy (non-hydrogen) atoms. The Morgan fingerprint density at radius 1 is 1.41 bits per heavy atom. The standard InChI is InChI=1S/C10H8BrN3O2S/c11-8-3-1-6(17-8)5-12-10(16)7-2-4-9(15)14-13-7/h1-4H,5H2,(H,12,16)(H,14,15). The number of nitrogens with zero attached hydrogens (tertiary/aromatic N) is 1. The van der Waals surface area contributed by atoms with Crippen LogP contribution < -0.4 is 10.9 Å². The Bertz CT molecular complexity index is 573. The van der Waals surface area contributed by atoms with E-state index in [1.807, 2.05) is 12.1 Å². The highest BCUT2D eigenvalue weighted by Gasteiger charge is 2.07. The van der Waals surface area contributed by atoms with E-state index in [1.165, 1.54) is 12.1 Å². The van der Waals surface area contributed by atoms with Crippen LogP contribution in [0.5, 0.6) is 0 Å². The van der Waals surface area contributed by atoms with Gasteiger partial charge in [-0.2, -0.15) is 5.10 Å². The van der Waals surface area contributed by atoms with Crippen LogP contribution in [0.3, 0.4) is 0 Å². The number of thiophene rings is 1. The predicted octanol–water partition coefficient (Wildman–Crippen LogP) is 1.52. The van der Waals surface area contributed by atoms with Gasteiger partial charge < -0.3 is 5.32 Å². The summed E-state index contributed by atoms with van der Waals surface area (Å²) in [6, 6.07) is 6.50. The minimum Gasteiger partial charge on any atom is -0.346 e. The normalized spacial score (nSPS) is 10.2. The van der Waals surface area contributed by atoms with Crippen molar-refractivity contribution in [3.63, 3.8) is 0 Å². The van der Waals surface area contributed by atoms with Crippen molar-refractivity contribution in [2.24, 2.45) is 0 Å². The molecule has 2 aromatic heterocycles. The second kappa shape index (κ2) is 5.24. The molecule has 0 saturated heterocycles. The van der Waals surface area contributed by atoms with E-state index in [1.54, 1.807) is 11.3 Å². The molecule has 2 aromatic rings. The Morgan fingerprint density at radius 2 is 2.24 bits per heavy atom. The van der Waals surface area contributed by atoms with Crippen LogP contribution in [0.15, 0.2) is 32.8 Å². The molecule has 0 fully saturated rings. The number of H-pyrrole nitrogens is 1. The molecule has 2 rings (SSSR count). The van der Waals surface area contributed by atoms with Gasteiger partial charge in [0.25, 0.3) is 11.5 Å². The molecule has 0 aliphatic heterocycles. The zero-order valence-electron chi connectivity index (χ0n) is 8.57. The van der Waals surface area contributed by atoms with Gasteiger partial charge in [0.15, 0.2) is 0 Å². The summed E-state index contributed by atoms with van der Waals surface area (Å²) in [5.41, 5.74) is -0.135. The van der Waals surface area contributed by atoms with Crippen LogP contribution in [0.2, 0.25) is 0 Å². The summed E-state index contributed by atoms with van der Waals surface area (Å²) in [5, 5.41) is 8.57. The SMILES string of the molecule is O=C(NCc1ccc(Br)s1)c1ccc(=O)[nH]n1. The van der Waals surface area contributed by atoms with Crippen LogP contribution in [0, 0.1) is 0 Å². The number of aromatic nitrogens is 2. The molecule has 0 saturated carbocycles. The van der Waals surface area contributed by atoms with Gasteiger partial charge in [-0.15, -0.1) is 11.3 Å². The molecule has 0 aliphatic carbocycles. The first-order chi connectivity index (χ1) is 8.15. The topological polar surface area (TPSA) is 74.8 Å².